The molecular formula is C26H23ClN4O3S2. The minimum absolute atomic E-state index is 0.164. The number of anilines is 2. The van der Waals surface area contributed by atoms with Gasteiger partial charge in [-0.25, -0.2) is 9.97 Å². The number of rotatable bonds is 5. The number of hydrogen-bond donors (Lipinski definition) is 2. The van der Waals surface area contributed by atoms with Gasteiger partial charge >= 0.3 is 0 Å². The number of halogens is 1. The van der Waals surface area contributed by atoms with Crippen LogP contribution < -0.4 is 10.2 Å². The number of hydrogen-bond acceptors (Lipinski definition) is 8. The van der Waals surface area contributed by atoms with E-state index in [4.69, 9.17) is 21.0 Å². The normalized spacial score (nSPS) is 15.6. The zero-order valence-electron chi connectivity index (χ0n) is 19.4. The standard InChI is InChI=1S/C26H23ClN4O3S2/c1-14-28-19-12-18(6-7-20(19)34-14)29-24(33)21-13-22-25(35-21)30-26(36-22)31-10-8-16(9-11-31)23(32)15-2-4-17(27)5-3-15/h2-7,12-13,16,23,32H,8-11H2,1H3,(H,29,33). The van der Waals surface area contributed by atoms with Crippen molar-refractivity contribution >= 4 is 71.6 Å². The largest absolute Gasteiger partial charge is 0.441 e. The van der Waals surface area contributed by atoms with Gasteiger partial charge in [0.1, 0.15) is 10.3 Å². The van der Waals surface area contributed by atoms with E-state index >= 15 is 0 Å². The SMILES string of the molecule is Cc1nc2cc(NC(=O)c3cc4sc(N5CCC(C(O)c6ccc(Cl)cc6)CC5)nc4s3)ccc2o1. The predicted octanol–water partition coefficient (Wildman–Crippen LogP) is 6.66. The Hall–Kier alpha value is -2.98. The van der Waals surface area contributed by atoms with E-state index in [2.05, 4.69) is 15.2 Å². The Kier molecular flexibility index (Phi) is 6.17. The van der Waals surface area contributed by atoms with Crippen LogP contribution in [0, 0.1) is 12.8 Å². The number of aryl methyl sites for hydroxylation is 1. The molecule has 1 aliphatic rings. The number of benzene rings is 2. The number of oxazole rings is 1. The van der Waals surface area contributed by atoms with Crippen molar-refractivity contribution in [2.45, 2.75) is 25.9 Å². The minimum atomic E-state index is -0.487. The molecule has 0 bridgehead atoms. The highest BCUT2D eigenvalue weighted by Crippen LogP contribution is 2.38. The fourth-order valence-corrected chi connectivity index (χ4v) is 6.91. The number of fused-ring (bicyclic) bond motifs is 2. The minimum Gasteiger partial charge on any atom is -0.441 e. The van der Waals surface area contributed by atoms with Crippen molar-refractivity contribution < 1.29 is 14.3 Å². The van der Waals surface area contributed by atoms with Gasteiger partial charge in [-0.3, -0.25) is 4.79 Å². The number of nitrogens with zero attached hydrogens (tertiary/aromatic N) is 3. The molecule has 1 unspecified atom stereocenters. The summed E-state index contributed by atoms with van der Waals surface area (Å²) in [7, 11) is 0. The van der Waals surface area contributed by atoms with Gasteiger partial charge < -0.3 is 19.7 Å². The molecule has 0 radical (unpaired) electrons. The van der Waals surface area contributed by atoms with Gasteiger partial charge in [0.2, 0.25) is 0 Å². The fourth-order valence-electron chi connectivity index (χ4n) is 4.62. The maximum Gasteiger partial charge on any atom is 0.265 e. The molecule has 184 valence electrons. The number of thiophene rings is 1. The Labute approximate surface area is 220 Å². The number of thiazole rings is 1. The van der Waals surface area contributed by atoms with Crippen LogP contribution in [0.4, 0.5) is 10.8 Å². The van der Waals surface area contributed by atoms with Crippen LogP contribution >= 0.6 is 34.3 Å². The lowest BCUT2D eigenvalue weighted by molar-refractivity contribution is 0.0929. The van der Waals surface area contributed by atoms with Gasteiger partial charge in [-0.05, 0) is 60.7 Å². The van der Waals surface area contributed by atoms with Gasteiger partial charge in [0.15, 0.2) is 16.6 Å². The van der Waals surface area contributed by atoms with E-state index in [1.54, 1.807) is 18.3 Å². The first-order valence-electron chi connectivity index (χ1n) is 11.7. The van der Waals surface area contributed by atoms with E-state index < -0.39 is 6.10 Å². The second-order valence-electron chi connectivity index (χ2n) is 8.97. The lowest BCUT2D eigenvalue weighted by Crippen LogP contribution is -2.35. The Morgan fingerprint density at radius 3 is 2.67 bits per heavy atom. The topological polar surface area (TPSA) is 91.5 Å². The van der Waals surface area contributed by atoms with E-state index in [1.165, 1.54) is 11.3 Å². The van der Waals surface area contributed by atoms with Crippen LogP contribution in [0.15, 0.2) is 52.9 Å². The maximum absolute atomic E-state index is 12.8. The van der Waals surface area contributed by atoms with Crippen molar-refractivity contribution in [1.29, 1.82) is 0 Å². The summed E-state index contributed by atoms with van der Waals surface area (Å²) in [6.07, 6.45) is 1.29. The maximum atomic E-state index is 12.8. The Morgan fingerprint density at radius 1 is 1.14 bits per heavy atom. The van der Waals surface area contributed by atoms with Crippen LogP contribution in [0.3, 0.4) is 0 Å². The summed E-state index contributed by atoms with van der Waals surface area (Å²) in [4.78, 5) is 25.7. The summed E-state index contributed by atoms with van der Waals surface area (Å²) in [5, 5.41) is 15.4. The molecule has 1 amide bonds. The van der Waals surface area contributed by atoms with Crippen molar-refractivity contribution in [1.82, 2.24) is 9.97 Å². The van der Waals surface area contributed by atoms with E-state index in [9.17, 15) is 9.90 Å². The first-order chi connectivity index (χ1) is 17.4. The fraction of sp³-hybridized carbons (Fsp3) is 0.269. The highest BCUT2D eigenvalue weighted by molar-refractivity contribution is 7.29. The molecule has 1 atom stereocenters. The Bertz CT molecular complexity index is 1520. The molecule has 1 fully saturated rings. The van der Waals surface area contributed by atoms with Crippen molar-refractivity contribution in [3.05, 3.63) is 69.9 Å². The second-order valence-corrected chi connectivity index (χ2v) is 11.4. The van der Waals surface area contributed by atoms with Crippen molar-refractivity contribution in [2.24, 2.45) is 5.92 Å². The van der Waals surface area contributed by atoms with Crippen molar-refractivity contribution in [3.63, 3.8) is 0 Å². The lowest BCUT2D eigenvalue weighted by atomic mass is 9.87. The predicted molar refractivity (Wildman–Crippen MR) is 146 cm³/mol. The molecule has 1 saturated heterocycles. The van der Waals surface area contributed by atoms with Gasteiger partial charge in [-0.1, -0.05) is 35.1 Å². The average molecular weight is 539 g/mol. The highest BCUT2D eigenvalue weighted by Gasteiger charge is 2.28. The molecule has 2 N–H and O–H groups in total. The molecular weight excluding hydrogens is 516 g/mol. The number of nitrogens with one attached hydrogen (secondary N) is 1. The molecule has 6 rings (SSSR count). The van der Waals surface area contributed by atoms with Crippen LogP contribution in [-0.4, -0.2) is 34.1 Å². The number of aliphatic hydroxyl groups is 1. The number of aromatic nitrogens is 2. The van der Waals surface area contributed by atoms with E-state index in [1.807, 2.05) is 48.5 Å². The van der Waals surface area contributed by atoms with Crippen LogP contribution in [0.2, 0.25) is 5.02 Å². The van der Waals surface area contributed by atoms with Crippen molar-refractivity contribution in [2.75, 3.05) is 23.3 Å². The van der Waals surface area contributed by atoms with Crippen LogP contribution in [-0.2, 0) is 0 Å². The summed E-state index contributed by atoms with van der Waals surface area (Å²) in [5.41, 5.74) is 3.00. The number of carbonyl (C=O) groups excluding carboxylic acids is 1. The molecule has 0 spiro atoms. The molecule has 7 nitrogen and oxygen atoms in total. The zero-order valence-corrected chi connectivity index (χ0v) is 21.8. The quantitative estimate of drug-likeness (QED) is 0.260. The molecule has 1 aliphatic heterocycles. The third kappa shape index (κ3) is 4.59. The zero-order chi connectivity index (χ0) is 24.8. The molecule has 3 aromatic heterocycles. The van der Waals surface area contributed by atoms with E-state index in [0.29, 0.717) is 32.6 Å². The van der Waals surface area contributed by atoms with E-state index in [-0.39, 0.29) is 11.8 Å². The summed E-state index contributed by atoms with van der Waals surface area (Å²) >= 11 is 8.98. The summed E-state index contributed by atoms with van der Waals surface area (Å²) in [6, 6.07) is 14.8. The third-order valence-electron chi connectivity index (χ3n) is 6.52. The molecule has 36 heavy (non-hydrogen) atoms. The number of piperidine rings is 1. The molecule has 2 aromatic carbocycles. The number of amides is 1. The van der Waals surface area contributed by atoms with Crippen molar-refractivity contribution in [3.8, 4) is 0 Å². The average Bonchev–Trinajstić information content (AvgIpc) is 3.56. The van der Waals surface area contributed by atoms with Gasteiger partial charge in [-0.15, -0.1) is 11.3 Å². The summed E-state index contributed by atoms with van der Waals surface area (Å²) < 4.78 is 6.50. The number of carbonyl (C=O) groups is 1. The number of aliphatic hydroxyl groups excluding tert-OH is 1. The molecule has 0 aliphatic carbocycles. The van der Waals surface area contributed by atoms with E-state index in [0.717, 1.165) is 46.2 Å². The molecule has 5 aromatic rings. The lowest BCUT2D eigenvalue weighted by Gasteiger charge is -2.34. The van der Waals surface area contributed by atoms with Crippen LogP contribution in [0.25, 0.3) is 20.6 Å². The second kappa shape index (κ2) is 9.48. The first kappa shape index (κ1) is 23.4. The summed E-state index contributed by atoms with van der Waals surface area (Å²) in [6.45, 7) is 3.48. The van der Waals surface area contributed by atoms with Gasteiger partial charge in [0.05, 0.1) is 15.7 Å². The monoisotopic (exact) mass is 538 g/mol. The van der Waals surface area contributed by atoms with Gasteiger partial charge in [-0.2, -0.15) is 0 Å². The van der Waals surface area contributed by atoms with Crippen LogP contribution in [0.5, 0.6) is 0 Å². The Balaban J connectivity index is 1.10. The summed E-state index contributed by atoms with van der Waals surface area (Å²) in [5.74, 6) is 0.637. The molecule has 10 heteroatoms. The Morgan fingerprint density at radius 2 is 1.92 bits per heavy atom. The third-order valence-corrected chi connectivity index (χ3v) is 8.99. The highest BCUT2D eigenvalue weighted by atomic mass is 35.5. The first-order valence-corrected chi connectivity index (χ1v) is 13.7. The molecule has 0 saturated carbocycles. The van der Waals surface area contributed by atoms with Gasteiger partial charge in [0, 0.05) is 30.7 Å². The molecule has 4 heterocycles. The smallest absolute Gasteiger partial charge is 0.265 e. The van der Waals surface area contributed by atoms with Gasteiger partial charge in [0.25, 0.3) is 5.91 Å². The van der Waals surface area contributed by atoms with Crippen LogP contribution in [0.1, 0.15) is 40.1 Å².